The third-order valence-electron chi connectivity index (χ3n) is 6.20. The van der Waals surface area contributed by atoms with Crippen molar-refractivity contribution in [2.45, 2.75) is 26.3 Å². The van der Waals surface area contributed by atoms with Crippen LogP contribution >= 0.6 is 11.6 Å². The minimum atomic E-state index is -0.504. The summed E-state index contributed by atoms with van der Waals surface area (Å²) in [6.45, 7) is 4.36. The lowest BCUT2D eigenvalue weighted by molar-refractivity contribution is -0.121. The number of fused-ring (bicyclic) bond motifs is 3. The van der Waals surface area contributed by atoms with Gasteiger partial charge in [0.2, 0.25) is 5.91 Å². The van der Waals surface area contributed by atoms with Crippen LogP contribution in [0.5, 0.6) is 5.75 Å². The number of aromatic nitrogens is 3. The van der Waals surface area contributed by atoms with Crippen molar-refractivity contribution in [2.24, 2.45) is 4.99 Å². The normalized spacial score (nSPS) is 14.3. The highest BCUT2D eigenvalue weighted by Gasteiger charge is 2.30. The standard InChI is InChI=1S/C28H26ClN5O2/c1-4-30-26(35)16-24-28-33-32-17(2)34(28)25-13-10-20(19-6-5-7-22(14-19)36-3)15-23(25)27(31-24)18-8-11-21(29)12-9-18/h5-15,24H,4,16H2,1-3H3,(H,30,35)/t24-/m0/s1. The van der Waals surface area contributed by atoms with E-state index < -0.39 is 6.04 Å². The summed E-state index contributed by atoms with van der Waals surface area (Å²) in [6, 6.07) is 21.3. The number of carbonyl (C=O) groups excluding carboxylic acids is 1. The molecule has 4 aromatic rings. The number of amides is 1. The molecule has 1 amide bonds. The lowest BCUT2D eigenvalue weighted by atomic mass is 9.95. The van der Waals surface area contributed by atoms with E-state index in [1.807, 2.05) is 66.9 Å². The number of hydrogen-bond acceptors (Lipinski definition) is 5. The molecule has 0 spiro atoms. The van der Waals surface area contributed by atoms with E-state index in [1.165, 1.54) is 0 Å². The third-order valence-corrected chi connectivity index (χ3v) is 6.45. The lowest BCUT2D eigenvalue weighted by Crippen LogP contribution is -2.25. The fourth-order valence-electron chi connectivity index (χ4n) is 4.50. The molecule has 1 aromatic heterocycles. The van der Waals surface area contributed by atoms with Gasteiger partial charge in [-0.15, -0.1) is 10.2 Å². The van der Waals surface area contributed by atoms with Gasteiger partial charge < -0.3 is 10.1 Å². The van der Waals surface area contributed by atoms with E-state index in [4.69, 9.17) is 21.3 Å². The number of ether oxygens (including phenoxy) is 1. The number of nitrogens with zero attached hydrogens (tertiary/aromatic N) is 4. The minimum absolute atomic E-state index is 0.0862. The lowest BCUT2D eigenvalue weighted by Gasteiger charge is -2.15. The predicted molar refractivity (Wildman–Crippen MR) is 141 cm³/mol. The summed E-state index contributed by atoms with van der Waals surface area (Å²) >= 11 is 6.20. The highest BCUT2D eigenvalue weighted by molar-refractivity contribution is 6.30. The molecule has 3 aromatic carbocycles. The van der Waals surface area contributed by atoms with Gasteiger partial charge in [0.15, 0.2) is 5.82 Å². The summed E-state index contributed by atoms with van der Waals surface area (Å²) in [4.78, 5) is 17.8. The quantitative estimate of drug-likeness (QED) is 0.389. The van der Waals surface area contributed by atoms with Crippen molar-refractivity contribution in [1.29, 1.82) is 0 Å². The summed E-state index contributed by atoms with van der Waals surface area (Å²) in [5.74, 6) is 2.07. The van der Waals surface area contributed by atoms with E-state index in [0.29, 0.717) is 17.4 Å². The Labute approximate surface area is 214 Å². The van der Waals surface area contributed by atoms with Gasteiger partial charge in [-0.25, -0.2) is 0 Å². The monoisotopic (exact) mass is 499 g/mol. The first-order valence-electron chi connectivity index (χ1n) is 11.8. The summed E-state index contributed by atoms with van der Waals surface area (Å²) in [7, 11) is 1.66. The van der Waals surface area contributed by atoms with Gasteiger partial charge in [-0.2, -0.15) is 0 Å². The van der Waals surface area contributed by atoms with Crippen molar-refractivity contribution in [1.82, 2.24) is 20.1 Å². The SMILES string of the molecule is CCNC(=O)C[C@@H]1N=C(c2ccc(Cl)cc2)c2cc(-c3cccc(OC)c3)ccc2-n2c(C)nnc21. The molecule has 8 heteroatoms. The van der Waals surface area contributed by atoms with Gasteiger partial charge in [-0.1, -0.05) is 41.9 Å². The third kappa shape index (κ3) is 4.50. The van der Waals surface area contributed by atoms with Crippen LogP contribution in [-0.4, -0.2) is 40.0 Å². The predicted octanol–water partition coefficient (Wildman–Crippen LogP) is 5.32. The van der Waals surface area contributed by atoms with E-state index >= 15 is 0 Å². The maximum Gasteiger partial charge on any atom is 0.222 e. The number of methoxy groups -OCH3 is 1. The molecule has 1 aliphatic rings. The van der Waals surface area contributed by atoms with Crippen LogP contribution in [0.25, 0.3) is 16.8 Å². The second-order valence-electron chi connectivity index (χ2n) is 8.56. The molecule has 0 radical (unpaired) electrons. The first-order chi connectivity index (χ1) is 17.5. The molecule has 0 fully saturated rings. The Morgan fingerprint density at radius 3 is 2.53 bits per heavy atom. The summed E-state index contributed by atoms with van der Waals surface area (Å²) in [6.07, 6.45) is 0.166. The number of aryl methyl sites for hydroxylation is 1. The maximum atomic E-state index is 12.6. The fourth-order valence-corrected chi connectivity index (χ4v) is 4.62. The van der Waals surface area contributed by atoms with Crippen molar-refractivity contribution in [3.05, 3.63) is 94.5 Å². The van der Waals surface area contributed by atoms with Gasteiger partial charge in [-0.05, 0) is 61.4 Å². The van der Waals surface area contributed by atoms with E-state index in [9.17, 15) is 4.79 Å². The molecule has 7 nitrogen and oxygen atoms in total. The summed E-state index contributed by atoms with van der Waals surface area (Å²) in [5, 5.41) is 12.3. The molecule has 182 valence electrons. The van der Waals surface area contributed by atoms with Crippen molar-refractivity contribution in [2.75, 3.05) is 13.7 Å². The zero-order valence-electron chi connectivity index (χ0n) is 20.3. The van der Waals surface area contributed by atoms with Crippen LogP contribution in [-0.2, 0) is 4.79 Å². The molecule has 1 atom stereocenters. The molecule has 1 aliphatic heterocycles. The number of nitrogens with one attached hydrogen (secondary N) is 1. The van der Waals surface area contributed by atoms with Crippen molar-refractivity contribution >= 4 is 23.2 Å². The Morgan fingerprint density at radius 2 is 1.78 bits per heavy atom. The minimum Gasteiger partial charge on any atom is -0.497 e. The van der Waals surface area contributed by atoms with Crippen LogP contribution in [0.15, 0.2) is 71.7 Å². The molecule has 2 heterocycles. The van der Waals surface area contributed by atoms with Crippen LogP contribution in [0.1, 0.15) is 42.2 Å². The Balaban J connectivity index is 1.74. The van der Waals surface area contributed by atoms with E-state index in [0.717, 1.165) is 45.2 Å². The molecule has 0 unspecified atom stereocenters. The average molecular weight is 500 g/mol. The number of aliphatic imine (C=N–C) groups is 1. The molecular formula is C28H26ClN5O2. The maximum absolute atomic E-state index is 12.6. The first-order valence-corrected chi connectivity index (χ1v) is 12.2. The molecular weight excluding hydrogens is 474 g/mol. The first kappa shape index (κ1) is 23.8. The Bertz CT molecular complexity index is 1460. The second kappa shape index (κ2) is 9.95. The number of halogens is 1. The van der Waals surface area contributed by atoms with Gasteiger partial charge in [0.05, 0.1) is 24.9 Å². The Kier molecular flexibility index (Phi) is 6.57. The molecule has 0 aliphatic carbocycles. The van der Waals surface area contributed by atoms with Crippen LogP contribution in [0.3, 0.4) is 0 Å². The van der Waals surface area contributed by atoms with Crippen molar-refractivity contribution in [3.8, 4) is 22.6 Å². The molecule has 0 saturated heterocycles. The average Bonchev–Trinajstić information content (AvgIpc) is 3.21. The zero-order valence-corrected chi connectivity index (χ0v) is 21.1. The summed E-state index contributed by atoms with van der Waals surface area (Å²) < 4.78 is 7.44. The van der Waals surface area contributed by atoms with Gasteiger partial charge in [0, 0.05) is 22.7 Å². The Hall–Kier alpha value is -3.97. The highest BCUT2D eigenvalue weighted by Crippen LogP contribution is 2.35. The van der Waals surface area contributed by atoms with Crippen LogP contribution in [0.4, 0.5) is 0 Å². The van der Waals surface area contributed by atoms with Gasteiger partial charge in [0.1, 0.15) is 17.6 Å². The molecule has 5 rings (SSSR count). The molecule has 0 saturated carbocycles. The number of benzene rings is 3. The number of hydrogen-bond donors (Lipinski definition) is 1. The topological polar surface area (TPSA) is 81.4 Å². The van der Waals surface area contributed by atoms with Crippen molar-refractivity contribution < 1.29 is 9.53 Å². The van der Waals surface area contributed by atoms with E-state index in [2.05, 4.69) is 33.7 Å². The second-order valence-corrected chi connectivity index (χ2v) is 9.00. The zero-order chi connectivity index (χ0) is 25.2. The van der Waals surface area contributed by atoms with Gasteiger partial charge in [0.25, 0.3) is 0 Å². The van der Waals surface area contributed by atoms with E-state index in [-0.39, 0.29) is 12.3 Å². The van der Waals surface area contributed by atoms with Gasteiger partial charge >= 0.3 is 0 Å². The largest absolute Gasteiger partial charge is 0.497 e. The summed E-state index contributed by atoms with van der Waals surface area (Å²) in [5.41, 5.74) is 5.54. The Morgan fingerprint density at radius 1 is 1.03 bits per heavy atom. The molecule has 1 N–H and O–H groups in total. The van der Waals surface area contributed by atoms with Crippen LogP contribution in [0, 0.1) is 6.92 Å². The van der Waals surface area contributed by atoms with Crippen LogP contribution in [0.2, 0.25) is 5.02 Å². The number of rotatable bonds is 6. The number of carbonyl (C=O) groups is 1. The van der Waals surface area contributed by atoms with Crippen LogP contribution < -0.4 is 10.1 Å². The smallest absolute Gasteiger partial charge is 0.222 e. The van der Waals surface area contributed by atoms with Crippen molar-refractivity contribution in [3.63, 3.8) is 0 Å². The van der Waals surface area contributed by atoms with E-state index in [1.54, 1.807) is 7.11 Å². The van der Waals surface area contributed by atoms with Gasteiger partial charge in [-0.3, -0.25) is 14.4 Å². The fraction of sp³-hybridized carbons (Fsp3) is 0.214. The highest BCUT2D eigenvalue weighted by atomic mass is 35.5. The molecule has 36 heavy (non-hydrogen) atoms. The molecule has 0 bridgehead atoms.